The first-order chi connectivity index (χ1) is 15.6. The van der Waals surface area contributed by atoms with Gasteiger partial charge in [-0.2, -0.15) is 0 Å². The largest absolute Gasteiger partial charge is 0.491 e. The van der Waals surface area contributed by atoms with Gasteiger partial charge in [-0.1, -0.05) is 12.1 Å². The minimum atomic E-state index is -0.0850. The van der Waals surface area contributed by atoms with Gasteiger partial charge in [0, 0.05) is 17.9 Å². The van der Waals surface area contributed by atoms with E-state index in [0.717, 1.165) is 48.6 Å². The van der Waals surface area contributed by atoms with Gasteiger partial charge in [0.25, 0.3) is 5.91 Å². The van der Waals surface area contributed by atoms with Crippen molar-refractivity contribution in [2.45, 2.75) is 62.9 Å². The molecule has 4 bridgehead atoms. The Morgan fingerprint density at radius 2 is 1.59 bits per heavy atom. The van der Waals surface area contributed by atoms with Crippen molar-refractivity contribution in [3.05, 3.63) is 59.7 Å². The molecule has 4 nitrogen and oxygen atoms in total. The third-order valence-electron chi connectivity index (χ3n) is 8.37. The molecule has 2 aromatic rings. The SMILES string of the molecule is O=C(Nc1ccc(C23CC4CC(CC(C4)C2)C3)cc1)c1ccc(OC[C@H]2CCCO2)cc1. The summed E-state index contributed by atoms with van der Waals surface area (Å²) in [6.45, 7) is 1.40. The third-order valence-corrected chi connectivity index (χ3v) is 8.37. The van der Waals surface area contributed by atoms with E-state index < -0.39 is 0 Å². The average Bonchev–Trinajstić information content (AvgIpc) is 3.31. The number of nitrogens with one attached hydrogen (secondary N) is 1. The molecule has 1 saturated heterocycles. The minimum absolute atomic E-state index is 0.0850. The molecular formula is C28H33NO3. The van der Waals surface area contributed by atoms with Gasteiger partial charge in [0.15, 0.2) is 0 Å². The number of hydrogen-bond donors (Lipinski definition) is 1. The lowest BCUT2D eigenvalue weighted by molar-refractivity contribution is -0.00518. The predicted molar refractivity (Wildman–Crippen MR) is 125 cm³/mol. The Labute approximate surface area is 190 Å². The van der Waals surface area contributed by atoms with Gasteiger partial charge in [-0.3, -0.25) is 4.79 Å². The van der Waals surface area contributed by atoms with E-state index in [-0.39, 0.29) is 12.0 Å². The van der Waals surface area contributed by atoms with Crippen LogP contribution in [-0.4, -0.2) is 25.2 Å². The van der Waals surface area contributed by atoms with E-state index in [1.54, 1.807) is 0 Å². The summed E-state index contributed by atoms with van der Waals surface area (Å²) in [7, 11) is 0. The van der Waals surface area contributed by atoms with E-state index in [1.165, 1.54) is 44.1 Å². The molecule has 1 N–H and O–H groups in total. The quantitative estimate of drug-likeness (QED) is 0.613. The molecule has 5 fully saturated rings. The van der Waals surface area contributed by atoms with Crippen molar-refractivity contribution in [3.63, 3.8) is 0 Å². The van der Waals surface area contributed by atoms with Crippen molar-refractivity contribution in [1.82, 2.24) is 0 Å². The fraction of sp³-hybridized carbons (Fsp3) is 0.536. The highest BCUT2D eigenvalue weighted by Crippen LogP contribution is 2.60. The molecule has 1 atom stereocenters. The van der Waals surface area contributed by atoms with Crippen LogP contribution in [0.4, 0.5) is 5.69 Å². The molecule has 168 valence electrons. The Kier molecular flexibility index (Phi) is 5.21. The van der Waals surface area contributed by atoms with Crippen molar-refractivity contribution in [2.24, 2.45) is 17.8 Å². The van der Waals surface area contributed by atoms with Crippen LogP contribution in [0, 0.1) is 17.8 Å². The van der Waals surface area contributed by atoms with Crippen molar-refractivity contribution >= 4 is 11.6 Å². The zero-order valence-corrected chi connectivity index (χ0v) is 18.7. The Morgan fingerprint density at radius 3 is 2.19 bits per heavy atom. The molecule has 4 saturated carbocycles. The maximum absolute atomic E-state index is 12.7. The van der Waals surface area contributed by atoms with Gasteiger partial charge >= 0.3 is 0 Å². The number of ether oxygens (including phenoxy) is 2. The van der Waals surface area contributed by atoms with Crippen LogP contribution in [0.5, 0.6) is 5.75 Å². The first kappa shape index (κ1) is 20.3. The molecule has 0 spiro atoms. The standard InChI is InChI=1S/C28H33NO3/c30-27(22-3-9-25(10-4-22)32-18-26-2-1-11-31-26)29-24-7-5-23(6-8-24)28-15-19-12-20(16-28)14-21(13-19)17-28/h3-10,19-21,26H,1-2,11-18H2,(H,29,30)/t19?,20?,21?,26-,28?/m1/s1. The summed E-state index contributed by atoms with van der Waals surface area (Å²) in [6, 6.07) is 16.1. The summed E-state index contributed by atoms with van der Waals surface area (Å²) < 4.78 is 11.4. The first-order valence-corrected chi connectivity index (χ1v) is 12.4. The second-order valence-electron chi connectivity index (χ2n) is 10.7. The number of amides is 1. The van der Waals surface area contributed by atoms with E-state index >= 15 is 0 Å². The van der Waals surface area contributed by atoms with E-state index in [4.69, 9.17) is 9.47 Å². The van der Waals surface area contributed by atoms with E-state index in [2.05, 4.69) is 29.6 Å². The summed E-state index contributed by atoms with van der Waals surface area (Å²) in [6.07, 6.45) is 10.9. The number of rotatable bonds is 6. The zero-order chi connectivity index (χ0) is 21.5. The van der Waals surface area contributed by atoms with Gasteiger partial charge in [-0.15, -0.1) is 0 Å². The molecule has 4 heteroatoms. The molecule has 1 aliphatic heterocycles. The van der Waals surface area contributed by atoms with Crippen LogP contribution in [-0.2, 0) is 10.2 Å². The fourth-order valence-electron chi connectivity index (χ4n) is 7.24. The molecule has 0 unspecified atom stereocenters. The van der Waals surface area contributed by atoms with E-state index in [9.17, 15) is 4.79 Å². The Bertz CT molecular complexity index is 924. The van der Waals surface area contributed by atoms with Crippen LogP contribution in [0.1, 0.15) is 67.3 Å². The Morgan fingerprint density at radius 1 is 0.938 bits per heavy atom. The molecule has 1 amide bonds. The lowest BCUT2D eigenvalue weighted by Crippen LogP contribution is -2.48. The number of benzene rings is 2. The monoisotopic (exact) mass is 431 g/mol. The van der Waals surface area contributed by atoms with Crippen molar-refractivity contribution < 1.29 is 14.3 Å². The highest BCUT2D eigenvalue weighted by molar-refractivity contribution is 6.04. The minimum Gasteiger partial charge on any atom is -0.491 e. The number of carbonyl (C=O) groups excluding carboxylic acids is 1. The number of carbonyl (C=O) groups is 1. The second-order valence-corrected chi connectivity index (χ2v) is 10.7. The van der Waals surface area contributed by atoms with Crippen LogP contribution in [0.25, 0.3) is 0 Å². The topological polar surface area (TPSA) is 47.6 Å². The maximum atomic E-state index is 12.7. The lowest BCUT2D eigenvalue weighted by atomic mass is 9.48. The average molecular weight is 432 g/mol. The van der Waals surface area contributed by atoms with Gasteiger partial charge in [0.2, 0.25) is 0 Å². The van der Waals surface area contributed by atoms with Crippen molar-refractivity contribution in [2.75, 3.05) is 18.5 Å². The summed E-state index contributed by atoms with van der Waals surface area (Å²) in [5, 5.41) is 3.06. The zero-order valence-electron chi connectivity index (χ0n) is 18.7. The fourth-order valence-corrected chi connectivity index (χ4v) is 7.24. The molecule has 5 aliphatic rings. The third kappa shape index (κ3) is 3.94. The maximum Gasteiger partial charge on any atom is 0.255 e. The van der Waals surface area contributed by atoms with Crippen LogP contribution in [0.2, 0.25) is 0 Å². The summed E-state index contributed by atoms with van der Waals surface area (Å²) in [5.41, 5.74) is 3.39. The molecule has 4 aliphatic carbocycles. The van der Waals surface area contributed by atoms with E-state index in [1.807, 2.05) is 24.3 Å². The van der Waals surface area contributed by atoms with Gasteiger partial charge in [-0.25, -0.2) is 0 Å². The second kappa shape index (κ2) is 8.22. The summed E-state index contributed by atoms with van der Waals surface area (Å²) >= 11 is 0. The molecule has 0 radical (unpaired) electrons. The highest BCUT2D eigenvalue weighted by Gasteiger charge is 2.51. The van der Waals surface area contributed by atoms with Crippen LogP contribution in [0.3, 0.4) is 0 Å². The molecule has 1 heterocycles. The highest BCUT2D eigenvalue weighted by atomic mass is 16.5. The van der Waals surface area contributed by atoms with Gasteiger partial charge < -0.3 is 14.8 Å². The van der Waals surface area contributed by atoms with Crippen molar-refractivity contribution in [1.29, 1.82) is 0 Å². The molecule has 7 rings (SSSR count). The smallest absolute Gasteiger partial charge is 0.255 e. The molecule has 2 aromatic carbocycles. The normalized spacial score (nSPS) is 32.8. The van der Waals surface area contributed by atoms with Crippen LogP contribution >= 0.6 is 0 Å². The first-order valence-electron chi connectivity index (χ1n) is 12.4. The number of anilines is 1. The predicted octanol–water partition coefficient (Wildman–Crippen LogP) is 5.96. The Hall–Kier alpha value is -2.33. The van der Waals surface area contributed by atoms with Crippen LogP contribution < -0.4 is 10.1 Å². The summed E-state index contributed by atoms with van der Waals surface area (Å²) in [4.78, 5) is 12.7. The molecular weight excluding hydrogens is 398 g/mol. The van der Waals surface area contributed by atoms with Crippen molar-refractivity contribution in [3.8, 4) is 5.75 Å². The van der Waals surface area contributed by atoms with Gasteiger partial charge in [0.05, 0.1) is 6.10 Å². The molecule has 0 aromatic heterocycles. The van der Waals surface area contributed by atoms with Crippen LogP contribution in [0.15, 0.2) is 48.5 Å². The number of hydrogen-bond acceptors (Lipinski definition) is 3. The summed E-state index contributed by atoms with van der Waals surface area (Å²) in [5.74, 6) is 3.52. The molecule has 32 heavy (non-hydrogen) atoms. The van der Waals surface area contributed by atoms with Gasteiger partial charge in [0.1, 0.15) is 12.4 Å². The van der Waals surface area contributed by atoms with E-state index in [0.29, 0.717) is 17.6 Å². The van der Waals surface area contributed by atoms with Gasteiger partial charge in [-0.05, 0) is 116 Å². The lowest BCUT2D eigenvalue weighted by Gasteiger charge is -2.57. The Balaban J connectivity index is 1.08.